The van der Waals surface area contributed by atoms with Crippen molar-refractivity contribution in [2.24, 2.45) is 5.92 Å². The molecule has 0 spiro atoms. The van der Waals surface area contributed by atoms with Crippen LogP contribution in [0.1, 0.15) is 34.5 Å². The number of methoxy groups -OCH3 is 1. The number of carboxylic acids is 1. The Kier molecular flexibility index (Phi) is 7.01. The Morgan fingerprint density at radius 1 is 1.00 bits per heavy atom. The third-order valence-electron chi connectivity index (χ3n) is 6.00. The minimum Gasteiger partial charge on any atom is -0.496 e. The van der Waals surface area contributed by atoms with Crippen LogP contribution in [0.5, 0.6) is 11.5 Å². The van der Waals surface area contributed by atoms with Crippen molar-refractivity contribution in [3.05, 3.63) is 95.6 Å². The summed E-state index contributed by atoms with van der Waals surface area (Å²) in [7, 11) is 1.56. The summed E-state index contributed by atoms with van der Waals surface area (Å²) in [6.07, 6.45) is -0.551. The largest absolute Gasteiger partial charge is 0.496 e. The number of nitrogens with zero attached hydrogens (tertiary/aromatic N) is 1. The number of likely N-dealkylation sites (tertiary alicyclic amines) is 1. The molecule has 3 amide bonds. The van der Waals surface area contributed by atoms with Gasteiger partial charge >= 0.3 is 12.0 Å². The van der Waals surface area contributed by atoms with Crippen LogP contribution in [0.15, 0.2) is 78.9 Å². The molecule has 0 aromatic heterocycles. The van der Waals surface area contributed by atoms with Crippen LogP contribution < -0.4 is 14.8 Å². The Morgan fingerprint density at radius 2 is 1.66 bits per heavy atom. The van der Waals surface area contributed by atoms with E-state index in [1.165, 1.54) is 24.3 Å². The van der Waals surface area contributed by atoms with Gasteiger partial charge in [0, 0.05) is 0 Å². The summed E-state index contributed by atoms with van der Waals surface area (Å²) < 4.78 is 11.5. The highest BCUT2D eigenvalue weighted by atomic mass is 16.5. The smallest absolute Gasteiger partial charge is 0.335 e. The average Bonchev–Trinajstić information content (AvgIpc) is 2.88. The van der Waals surface area contributed by atoms with Crippen molar-refractivity contribution in [2.45, 2.75) is 25.6 Å². The van der Waals surface area contributed by atoms with E-state index in [-0.39, 0.29) is 17.5 Å². The average molecular weight is 475 g/mol. The third kappa shape index (κ3) is 5.11. The molecule has 3 aromatic rings. The summed E-state index contributed by atoms with van der Waals surface area (Å²) in [5.74, 6) is -1.04. The van der Waals surface area contributed by atoms with E-state index in [0.29, 0.717) is 17.9 Å². The monoisotopic (exact) mass is 474 g/mol. The predicted molar refractivity (Wildman–Crippen MR) is 128 cm³/mol. The van der Waals surface area contributed by atoms with Crippen molar-refractivity contribution in [3.8, 4) is 11.5 Å². The van der Waals surface area contributed by atoms with Gasteiger partial charge in [0.25, 0.3) is 0 Å². The van der Waals surface area contributed by atoms with Crippen LogP contribution in [-0.2, 0) is 11.2 Å². The SMILES string of the molecule is COc1ccccc1CC1C(=O)N(C(=O)NC(C)c2ccccc2)C1Oc1ccc(C(=O)O)cc1. The van der Waals surface area contributed by atoms with Crippen LogP contribution in [0.25, 0.3) is 0 Å². The number of carbonyl (C=O) groups is 3. The number of amides is 3. The number of nitrogens with one attached hydrogen (secondary N) is 1. The Balaban J connectivity index is 1.56. The summed E-state index contributed by atoms with van der Waals surface area (Å²) in [6.45, 7) is 1.84. The highest BCUT2D eigenvalue weighted by Gasteiger charge is 2.53. The number of carboxylic acid groups (broad SMARTS) is 1. The van der Waals surface area contributed by atoms with Crippen molar-refractivity contribution >= 4 is 17.9 Å². The zero-order valence-corrected chi connectivity index (χ0v) is 19.4. The van der Waals surface area contributed by atoms with Crippen LogP contribution in [0, 0.1) is 5.92 Å². The number of carbonyl (C=O) groups excluding carboxylic acids is 2. The molecule has 0 saturated carbocycles. The van der Waals surface area contributed by atoms with Crippen molar-refractivity contribution in [1.29, 1.82) is 0 Å². The molecule has 2 N–H and O–H groups in total. The Labute approximate surface area is 203 Å². The molecule has 0 bridgehead atoms. The van der Waals surface area contributed by atoms with E-state index < -0.39 is 24.1 Å². The maximum absolute atomic E-state index is 13.1. The topological polar surface area (TPSA) is 105 Å². The summed E-state index contributed by atoms with van der Waals surface area (Å²) in [5.41, 5.74) is 1.83. The molecule has 180 valence electrons. The molecule has 0 aliphatic carbocycles. The molecule has 3 aromatic carbocycles. The second-order valence-electron chi connectivity index (χ2n) is 8.25. The first-order chi connectivity index (χ1) is 16.9. The van der Waals surface area contributed by atoms with Gasteiger partial charge in [0.2, 0.25) is 5.91 Å². The van der Waals surface area contributed by atoms with Gasteiger partial charge in [-0.1, -0.05) is 48.5 Å². The highest BCUT2D eigenvalue weighted by Crippen LogP contribution is 2.34. The van der Waals surface area contributed by atoms with Gasteiger partial charge in [0.15, 0.2) is 6.23 Å². The second-order valence-corrected chi connectivity index (χ2v) is 8.25. The maximum Gasteiger partial charge on any atom is 0.335 e. The quantitative estimate of drug-likeness (QED) is 0.473. The number of aromatic carboxylic acids is 1. The summed E-state index contributed by atoms with van der Waals surface area (Å²) in [6, 6.07) is 21.8. The zero-order valence-electron chi connectivity index (χ0n) is 19.4. The van der Waals surface area contributed by atoms with Gasteiger partial charge in [0.05, 0.1) is 24.6 Å². The Bertz CT molecular complexity index is 1210. The summed E-state index contributed by atoms with van der Waals surface area (Å²) in [4.78, 5) is 38.5. The van der Waals surface area contributed by atoms with Crippen molar-refractivity contribution < 1.29 is 29.0 Å². The number of urea groups is 1. The van der Waals surface area contributed by atoms with Gasteiger partial charge in [-0.2, -0.15) is 0 Å². The van der Waals surface area contributed by atoms with Gasteiger partial charge in [-0.3, -0.25) is 4.79 Å². The van der Waals surface area contributed by atoms with Gasteiger partial charge in [0.1, 0.15) is 11.5 Å². The Hall–Kier alpha value is -4.33. The lowest BCUT2D eigenvalue weighted by atomic mass is 9.88. The fourth-order valence-electron chi connectivity index (χ4n) is 4.07. The van der Waals surface area contributed by atoms with E-state index in [1.54, 1.807) is 7.11 Å². The zero-order chi connectivity index (χ0) is 24.9. The molecule has 4 rings (SSSR count). The van der Waals surface area contributed by atoms with E-state index in [0.717, 1.165) is 16.0 Å². The van der Waals surface area contributed by atoms with Gasteiger partial charge < -0.3 is 19.9 Å². The van der Waals surface area contributed by atoms with Crippen LogP contribution in [0.2, 0.25) is 0 Å². The number of para-hydroxylation sites is 1. The lowest BCUT2D eigenvalue weighted by Crippen LogP contribution is -2.68. The first-order valence-electron chi connectivity index (χ1n) is 11.2. The molecular formula is C27H26N2O6. The molecule has 35 heavy (non-hydrogen) atoms. The number of rotatable bonds is 8. The first-order valence-corrected chi connectivity index (χ1v) is 11.2. The molecule has 1 fully saturated rings. The number of hydrogen-bond donors (Lipinski definition) is 2. The lowest BCUT2D eigenvalue weighted by Gasteiger charge is -2.45. The van der Waals surface area contributed by atoms with Crippen LogP contribution in [0.4, 0.5) is 4.79 Å². The number of β-lactam (4-membered cyclic amide) rings is 1. The molecule has 1 aliphatic rings. The predicted octanol–water partition coefficient (Wildman–Crippen LogP) is 4.27. The molecule has 1 aliphatic heterocycles. The van der Waals surface area contributed by atoms with Crippen LogP contribution >= 0.6 is 0 Å². The second kappa shape index (κ2) is 10.3. The lowest BCUT2D eigenvalue weighted by molar-refractivity contribution is -0.166. The van der Waals surface area contributed by atoms with E-state index >= 15 is 0 Å². The fraction of sp³-hybridized carbons (Fsp3) is 0.222. The van der Waals surface area contributed by atoms with Crippen molar-refractivity contribution in [2.75, 3.05) is 7.11 Å². The minimum atomic E-state index is -1.06. The molecule has 3 atom stereocenters. The fourth-order valence-corrected chi connectivity index (χ4v) is 4.07. The minimum absolute atomic E-state index is 0.110. The molecular weight excluding hydrogens is 448 g/mol. The van der Waals surface area contributed by atoms with E-state index in [2.05, 4.69) is 5.32 Å². The summed E-state index contributed by atoms with van der Waals surface area (Å²) >= 11 is 0. The van der Waals surface area contributed by atoms with E-state index in [1.807, 2.05) is 61.5 Å². The van der Waals surface area contributed by atoms with Crippen LogP contribution in [-0.4, -0.2) is 41.3 Å². The molecule has 1 heterocycles. The summed E-state index contributed by atoms with van der Waals surface area (Å²) in [5, 5.41) is 12.0. The van der Waals surface area contributed by atoms with Crippen LogP contribution in [0.3, 0.4) is 0 Å². The molecule has 8 heteroatoms. The maximum atomic E-state index is 13.1. The van der Waals surface area contributed by atoms with Crippen molar-refractivity contribution in [3.63, 3.8) is 0 Å². The van der Waals surface area contributed by atoms with Crippen molar-refractivity contribution in [1.82, 2.24) is 10.2 Å². The molecule has 3 unspecified atom stereocenters. The standard InChI is InChI=1S/C27H26N2O6/c1-17(18-8-4-3-5-9-18)28-27(33)29-24(30)22(16-20-10-6-7-11-23(20)34-2)25(29)35-21-14-12-19(13-15-21)26(31)32/h3-15,17,22,25H,16H2,1-2H3,(H,28,33)(H,31,32). The number of ether oxygens (including phenoxy) is 2. The normalized spacial score (nSPS) is 17.8. The van der Waals surface area contributed by atoms with Gasteiger partial charge in [-0.05, 0) is 54.8 Å². The molecule has 1 saturated heterocycles. The van der Waals surface area contributed by atoms with Gasteiger partial charge in [-0.15, -0.1) is 0 Å². The molecule has 8 nitrogen and oxygen atoms in total. The third-order valence-corrected chi connectivity index (χ3v) is 6.00. The van der Waals surface area contributed by atoms with E-state index in [9.17, 15) is 14.4 Å². The van der Waals surface area contributed by atoms with Gasteiger partial charge in [-0.25, -0.2) is 14.5 Å². The highest BCUT2D eigenvalue weighted by molar-refractivity contribution is 6.01. The Morgan fingerprint density at radius 3 is 2.31 bits per heavy atom. The number of hydrogen-bond acceptors (Lipinski definition) is 5. The number of imide groups is 1. The van der Waals surface area contributed by atoms with E-state index in [4.69, 9.17) is 14.6 Å². The first kappa shape index (κ1) is 23.8. The molecule has 0 radical (unpaired) electrons. The number of benzene rings is 3.